The maximum atomic E-state index is 6.02. The fourth-order valence-corrected chi connectivity index (χ4v) is 2.57. The van der Waals surface area contributed by atoms with Crippen molar-refractivity contribution in [1.82, 2.24) is 24.4 Å². The third-order valence-corrected chi connectivity index (χ3v) is 3.91. The highest BCUT2D eigenvalue weighted by atomic mass is 35.5. The Morgan fingerprint density at radius 1 is 1.16 bits per heavy atom. The van der Waals surface area contributed by atoms with E-state index in [0.717, 1.165) is 50.6 Å². The Labute approximate surface area is 117 Å². The number of hydrogen-bond donors (Lipinski definition) is 0. The van der Waals surface area contributed by atoms with E-state index in [1.807, 2.05) is 22.7 Å². The molecular formula is C13H18ClN5. The van der Waals surface area contributed by atoms with Crippen LogP contribution in [0.15, 0.2) is 18.3 Å². The number of fused-ring (bicyclic) bond motifs is 1. The Hall–Kier alpha value is -1.17. The van der Waals surface area contributed by atoms with Gasteiger partial charge in [-0.25, -0.2) is 0 Å². The van der Waals surface area contributed by atoms with E-state index < -0.39 is 0 Å². The van der Waals surface area contributed by atoms with Crippen molar-refractivity contribution in [2.45, 2.75) is 6.42 Å². The van der Waals surface area contributed by atoms with E-state index in [1.165, 1.54) is 0 Å². The molecule has 0 saturated carbocycles. The summed E-state index contributed by atoms with van der Waals surface area (Å²) < 4.78 is 1.98. The molecule has 0 amide bonds. The predicted molar refractivity (Wildman–Crippen MR) is 75.6 cm³/mol. The first kappa shape index (κ1) is 12.8. The lowest BCUT2D eigenvalue weighted by Gasteiger charge is -2.32. The molecule has 0 aliphatic carbocycles. The monoisotopic (exact) mass is 279 g/mol. The lowest BCUT2D eigenvalue weighted by atomic mass is 10.3. The number of rotatable bonds is 3. The molecule has 0 aromatic carbocycles. The minimum absolute atomic E-state index is 0.716. The van der Waals surface area contributed by atoms with Crippen LogP contribution in [0.1, 0.15) is 5.82 Å². The number of aromatic nitrogens is 3. The summed E-state index contributed by atoms with van der Waals surface area (Å²) in [5.74, 6) is 0.983. The summed E-state index contributed by atoms with van der Waals surface area (Å²) in [5.41, 5.74) is 0.859. The summed E-state index contributed by atoms with van der Waals surface area (Å²) in [4.78, 5) is 4.84. The number of piperazine rings is 1. The fourth-order valence-electron chi connectivity index (χ4n) is 2.41. The normalized spacial score (nSPS) is 18.2. The molecule has 2 aromatic heterocycles. The van der Waals surface area contributed by atoms with Gasteiger partial charge in [-0.2, -0.15) is 0 Å². The summed E-state index contributed by atoms with van der Waals surface area (Å²) >= 11 is 6.02. The smallest absolute Gasteiger partial charge is 0.160 e. The summed E-state index contributed by atoms with van der Waals surface area (Å²) in [6.07, 6.45) is 2.79. The fraction of sp³-hybridized carbons (Fsp3) is 0.538. The molecule has 0 N–H and O–H groups in total. The standard InChI is InChI=1S/C13H18ClN5/c1-17-6-8-18(9-7-17)5-4-13-16-15-12-3-2-11(14)10-19(12)13/h2-3,10H,4-9H2,1H3. The van der Waals surface area contributed by atoms with E-state index in [1.54, 1.807) is 0 Å². The zero-order valence-electron chi connectivity index (χ0n) is 11.1. The van der Waals surface area contributed by atoms with Crippen LogP contribution >= 0.6 is 11.6 Å². The van der Waals surface area contributed by atoms with Crippen LogP contribution in [-0.4, -0.2) is 64.2 Å². The van der Waals surface area contributed by atoms with Gasteiger partial charge >= 0.3 is 0 Å². The van der Waals surface area contributed by atoms with Crippen molar-refractivity contribution in [2.75, 3.05) is 39.8 Å². The van der Waals surface area contributed by atoms with E-state index in [0.29, 0.717) is 5.02 Å². The molecule has 102 valence electrons. The van der Waals surface area contributed by atoms with E-state index in [2.05, 4.69) is 27.0 Å². The van der Waals surface area contributed by atoms with Gasteiger partial charge in [0.15, 0.2) is 5.65 Å². The van der Waals surface area contributed by atoms with Gasteiger partial charge in [-0.05, 0) is 19.2 Å². The Bertz CT molecular complexity index is 559. The lowest BCUT2D eigenvalue weighted by Crippen LogP contribution is -2.45. The van der Waals surface area contributed by atoms with E-state index >= 15 is 0 Å². The van der Waals surface area contributed by atoms with Crippen LogP contribution in [0.4, 0.5) is 0 Å². The van der Waals surface area contributed by atoms with Gasteiger partial charge in [0.25, 0.3) is 0 Å². The quantitative estimate of drug-likeness (QED) is 0.845. The second-order valence-corrected chi connectivity index (χ2v) is 5.52. The molecule has 0 spiro atoms. The topological polar surface area (TPSA) is 36.7 Å². The van der Waals surface area contributed by atoms with Crippen molar-refractivity contribution in [3.63, 3.8) is 0 Å². The van der Waals surface area contributed by atoms with Gasteiger partial charge in [0, 0.05) is 45.3 Å². The molecule has 1 aliphatic rings. The van der Waals surface area contributed by atoms with Gasteiger partial charge < -0.3 is 9.80 Å². The largest absolute Gasteiger partial charge is 0.304 e. The van der Waals surface area contributed by atoms with Crippen LogP contribution < -0.4 is 0 Å². The first-order valence-electron chi connectivity index (χ1n) is 6.62. The molecule has 19 heavy (non-hydrogen) atoms. The average Bonchev–Trinajstić information content (AvgIpc) is 2.80. The van der Waals surface area contributed by atoms with Crippen LogP contribution in [0.5, 0.6) is 0 Å². The molecule has 6 heteroatoms. The molecule has 0 unspecified atom stereocenters. The van der Waals surface area contributed by atoms with Crippen molar-refractivity contribution in [3.05, 3.63) is 29.2 Å². The average molecular weight is 280 g/mol. The van der Waals surface area contributed by atoms with E-state index in [-0.39, 0.29) is 0 Å². The molecule has 1 saturated heterocycles. The van der Waals surface area contributed by atoms with Crippen LogP contribution in [-0.2, 0) is 6.42 Å². The predicted octanol–water partition coefficient (Wildman–Crippen LogP) is 1.17. The highest BCUT2D eigenvalue weighted by Crippen LogP contribution is 2.12. The van der Waals surface area contributed by atoms with Crippen LogP contribution in [0.2, 0.25) is 5.02 Å². The second-order valence-electron chi connectivity index (χ2n) is 5.09. The first-order chi connectivity index (χ1) is 9.22. The third kappa shape index (κ3) is 2.88. The van der Waals surface area contributed by atoms with Crippen molar-refractivity contribution >= 4 is 17.2 Å². The van der Waals surface area contributed by atoms with Crippen LogP contribution in [0.25, 0.3) is 5.65 Å². The van der Waals surface area contributed by atoms with E-state index in [4.69, 9.17) is 11.6 Å². The van der Waals surface area contributed by atoms with E-state index in [9.17, 15) is 0 Å². The molecule has 2 aromatic rings. The molecule has 0 bridgehead atoms. The maximum Gasteiger partial charge on any atom is 0.160 e. The zero-order chi connectivity index (χ0) is 13.2. The number of likely N-dealkylation sites (N-methyl/N-ethyl adjacent to an activating group) is 1. The lowest BCUT2D eigenvalue weighted by molar-refractivity contribution is 0.155. The molecule has 1 aliphatic heterocycles. The highest BCUT2D eigenvalue weighted by molar-refractivity contribution is 6.30. The Balaban J connectivity index is 1.67. The van der Waals surface area contributed by atoms with Crippen molar-refractivity contribution < 1.29 is 0 Å². The zero-order valence-corrected chi connectivity index (χ0v) is 11.8. The van der Waals surface area contributed by atoms with Crippen molar-refractivity contribution in [2.24, 2.45) is 0 Å². The maximum absolute atomic E-state index is 6.02. The number of pyridine rings is 1. The number of nitrogens with zero attached hydrogens (tertiary/aromatic N) is 5. The van der Waals surface area contributed by atoms with Crippen LogP contribution in [0, 0.1) is 0 Å². The Kier molecular flexibility index (Phi) is 3.68. The van der Waals surface area contributed by atoms with Crippen LogP contribution in [0.3, 0.4) is 0 Å². The summed E-state index contributed by atoms with van der Waals surface area (Å²) in [5, 5.41) is 9.13. The molecule has 3 heterocycles. The number of halogens is 1. The molecule has 3 rings (SSSR count). The molecular weight excluding hydrogens is 262 g/mol. The van der Waals surface area contributed by atoms with Crippen molar-refractivity contribution in [1.29, 1.82) is 0 Å². The summed E-state index contributed by atoms with van der Waals surface area (Å²) in [6, 6.07) is 3.74. The first-order valence-corrected chi connectivity index (χ1v) is 7.00. The minimum atomic E-state index is 0.716. The highest BCUT2D eigenvalue weighted by Gasteiger charge is 2.14. The molecule has 1 fully saturated rings. The van der Waals surface area contributed by atoms with Gasteiger partial charge in [-0.15, -0.1) is 10.2 Å². The van der Waals surface area contributed by atoms with Gasteiger partial charge in [0.05, 0.1) is 5.02 Å². The molecule has 0 radical (unpaired) electrons. The van der Waals surface area contributed by atoms with Gasteiger partial charge in [-0.1, -0.05) is 11.6 Å². The SMILES string of the molecule is CN1CCN(CCc2nnc3ccc(Cl)cn23)CC1. The molecule has 0 atom stereocenters. The van der Waals surface area contributed by atoms with Gasteiger partial charge in [-0.3, -0.25) is 4.40 Å². The third-order valence-electron chi connectivity index (χ3n) is 3.68. The number of hydrogen-bond acceptors (Lipinski definition) is 4. The summed E-state index contributed by atoms with van der Waals surface area (Å²) in [7, 11) is 2.17. The van der Waals surface area contributed by atoms with Gasteiger partial charge in [0.2, 0.25) is 0 Å². The van der Waals surface area contributed by atoms with Gasteiger partial charge in [0.1, 0.15) is 5.82 Å². The summed E-state index contributed by atoms with van der Waals surface area (Å²) in [6.45, 7) is 5.59. The Morgan fingerprint density at radius 3 is 2.74 bits per heavy atom. The van der Waals surface area contributed by atoms with Crippen molar-refractivity contribution in [3.8, 4) is 0 Å². The second kappa shape index (κ2) is 5.45. The Morgan fingerprint density at radius 2 is 1.95 bits per heavy atom. The molecule has 5 nitrogen and oxygen atoms in total. The minimum Gasteiger partial charge on any atom is -0.304 e.